The fourth-order valence-corrected chi connectivity index (χ4v) is 5.63. The molecule has 0 saturated carbocycles. The summed E-state index contributed by atoms with van der Waals surface area (Å²) in [6.45, 7) is 4.07. The third kappa shape index (κ3) is 3.73. The summed E-state index contributed by atoms with van der Waals surface area (Å²) < 4.78 is 17.1. The average Bonchev–Trinajstić information content (AvgIpc) is 3.21. The number of anilines is 1. The summed E-state index contributed by atoms with van der Waals surface area (Å²) in [4.78, 5) is 15.3. The van der Waals surface area contributed by atoms with Crippen molar-refractivity contribution in [2.24, 2.45) is 11.1 Å². The first-order valence-corrected chi connectivity index (χ1v) is 11.7. The summed E-state index contributed by atoms with van der Waals surface area (Å²) in [6.07, 6.45) is 0.895. The lowest BCUT2D eigenvalue weighted by Gasteiger charge is -2.42. The van der Waals surface area contributed by atoms with Crippen LogP contribution in [0.25, 0.3) is 0 Å². The van der Waals surface area contributed by atoms with Gasteiger partial charge in [-0.25, -0.2) is 0 Å². The zero-order chi connectivity index (χ0) is 24.8. The van der Waals surface area contributed by atoms with E-state index in [1.165, 1.54) is 32.7 Å². The van der Waals surface area contributed by atoms with Crippen molar-refractivity contribution in [1.29, 1.82) is 5.26 Å². The molecule has 11 heteroatoms. The van der Waals surface area contributed by atoms with E-state index >= 15 is 0 Å². The van der Waals surface area contributed by atoms with Gasteiger partial charge in [0.2, 0.25) is 10.9 Å². The number of rotatable bonds is 5. The minimum Gasteiger partial charge on any atom is -0.493 e. The van der Waals surface area contributed by atoms with Crippen LogP contribution in [-0.4, -0.2) is 37.3 Å². The van der Waals surface area contributed by atoms with Gasteiger partial charge in [-0.2, -0.15) is 5.26 Å². The summed E-state index contributed by atoms with van der Waals surface area (Å²) in [6, 6.07) is 5.75. The van der Waals surface area contributed by atoms with Gasteiger partial charge in [-0.05, 0) is 30.1 Å². The van der Waals surface area contributed by atoms with Gasteiger partial charge in [-0.3, -0.25) is 14.8 Å². The second kappa shape index (κ2) is 8.77. The number of methoxy groups -OCH3 is 3. The van der Waals surface area contributed by atoms with Crippen molar-refractivity contribution >= 4 is 34.5 Å². The van der Waals surface area contributed by atoms with Gasteiger partial charge in [-0.1, -0.05) is 31.3 Å². The number of hydrogen-bond acceptors (Lipinski definition) is 10. The van der Waals surface area contributed by atoms with Gasteiger partial charge in [0.25, 0.3) is 0 Å². The fraction of sp³-hybridized carbons (Fsp3) is 0.391. The van der Waals surface area contributed by atoms with Crippen LogP contribution in [0.4, 0.5) is 5.13 Å². The molecule has 34 heavy (non-hydrogen) atoms. The van der Waals surface area contributed by atoms with Crippen molar-refractivity contribution in [1.82, 2.24) is 10.2 Å². The van der Waals surface area contributed by atoms with Crippen LogP contribution in [0.1, 0.15) is 38.2 Å². The molecule has 0 fully saturated rings. The number of Topliss-reactive ketones (excluding diaryl/α,β-unsaturated/α-hetero) is 1. The number of ketones is 1. The third-order valence-electron chi connectivity index (χ3n) is 6.04. The summed E-state index contributed by atoms with van der Waals surface area (Å²) in [5, 5.41) is 17.8. The number of aromatic nitrogens is 2. The van der Waals surface area contributed by atoms with Gasteiger partial charge >= 0.3 is 0 Å². The Morgan fingerprint density at radius 2 is 1.94 bits per heavy atom. The first-order valence-electron chi connectivity index (χ1n) is 10.5. The molecule has 2 heterocycles. The number of carbonyl (C=O) groups is 1. The Hall–Kier alpha value is -3.36. The van der Waals surface area contributed by atoms with Crippen molar-refractivity contribution < 1.29 is 19.0 Å². The van der Waals surface area contributed by atoms with Crippen LogP contribution in [0.5, 0.6) is 17.2 Å². The lowest BCUT2D eigenvalue weighted by atomic mass is 9.68. The molecule has 4 rings (SSSR count). The van der Waals surface area contributed by atoms with Crippen LogP contribution in [0.3, 0.4) is 0 Å². The first-order chi connectivity index (χ1) is 16.2. The smallest absolute Gasteiger partial charge is 0.216 e. The Balaban J connectivity index is 2.05. The predicted molar refractivity (Wildman–Crippen MR) is 130 cm³/mol. The molecule has 1 aromatic carbocycles. The molecule has 0 amide bonds. The van der Waals surface area contributed by atoms with E-state index in [0.717, 1.165) is 0 Å². The van der Waals surface area contributed by atoms with E-state index in [4.69, 9.17) is 32.2 Å². The molecule has 9 nitrogen and oxygen atoms in total. The van der Waals surface area contributed by atoms with Crippen LogP contribution in [0.2, 0.25) is 0 Å². The number of aromatic amines is 1. The van der Waals surface area contributed by atoms with E-state index in [2.05, 4.69) is 16.3 Å². The highest BCUT2D eigenvalue weighted by Crippen LogP contribution is 2.53. The summed E-state index contributed by atoms with van der Waals surface area (Å²) in [5.41, 5.74) is 8.33. The molecule has 2 aliphatic rings. The number of nitrogens with zero attached hydrogens (tertiary/aromatic N) is 3. The Bertz CT molecular complexity index is 1330. The molecule has 0 bridgehead atoms. The average molecular weight is 500 g/mol. The Morgan fingerprint density at radius 3 is 2.50 bits per heavy atom. The highest BCUT2D eigenvalue weighted by atomic mass is 32.1. The Morgan fingerprint density at radius 1 is 1.24 bits per heavy atom. The van der Waals surface area contributed by atoms with E-state index in [0.29, 0.717) is 56.0 Å². The molecule has 1 unspecified atom stereocenters. The molecule has 1 aliphatic heterocycles. The minimum atomic E-state index is -0.735. The zero-order valence-electron chi connectivity index (χ0n) is 19.5. The Labute approximate surface area is 206 Å². The molecule has 1 aliphatic carbocycles. The standard InChI is InChI=1S/C23H25N5O4S2/c1-23(2)8-13-17(14(29)9-23)16(11-6-7-15(30-3)19(32-5)18(11)31-4)12(10-24)20(25)28(13)21-26-27-22(33)34-21/h6-7,16H,8-9,25H2,1-5H3,(H,27,33). The predicted octanol–water partition coefficient (Wildman–Crippen LogP) is 4.17. The van der Waals surface area contributed by atoms with Crippen LogP contribution in [-0.2, 0) is 4.79 Å². The van der Waals surface area contributed by atoms with Gasteiger partial charge in [0.05, 0.1) is 38.9 Å². The van der Waals surface area contributed by atoms with E-state index in [1.807, 2.05) is 13.8 Å². The monoisotopic (exact) mass is 499 g/mol. The molecule has 1 atom stereocenters. The number of allylic oxidation sites excluding steroid dienone is 3. The number of nitriles is 1. The van der Waals surface area contributed by atoms with E-state index in [1.54, 1.807) is 17.0 Å². The van der Waals surface area contributed by atoms with E-state index in [9.17, 15) is 10.1 Å². The quantitative estimate of drug-likeness (QED) is 0.583. The fourth-order valence-electron chi connectivity index (χ4n) is 4.71. The Kier molecular flexibility index (Phi) is 6.14. The highest BCUT2D eigenvalue weighted by molar-refractivity contribution is 7.73. The number of ether oxygens (including phenoxy) is 3. The largest absolute Gasteiger partial charge is 0.493 e. The minimum absolute atomic E-state index is 0.0579. The second-order valence-electron chi connectivity index (χ2n) is 8.80. The molecule has 0 saturated heterocycles. The lowest BCUT2D eigenvalue weighted by Crippen LogP contribution is -2.42. The number of H-pyrrole nitrogens is 1. The van der Waals surface area contributed by atoms with Gasteiger partial charge in [-0.15, -0.1) is 5.10 Å². The van der Waals surface area contributed by atoms with Gasteiger partial charge in [0.15, 0.2) is 21.2 Å². The normalized spacial score (nSPS) is 19.6. The topological polar surface area (TPSA) is 126 Å². The lowest BCUT2D eigenvalue weighted by molar-refractivity contribution is -0.118. The molecular weight excluding hydrogens is 474 g/mol. The third-order valence-corrected chi connectivity index (χ3v) is 7.12. The van der Waals surface area contributed by atoms with Crippen molar-refractivity contribution in [2.75, 3.05) is 26.2 Å². The number of hydrogen-bond donors (Lipinski definition) is 2. The van der Waals surface area contributed by atoms with Crippen molar-refractivity contribution in [3.8, 4) is 23.3 Å². The van der Waals surface area contributed by atoms with Gasteiger partial charge in [0.1, 0.15) is 5.82 Å². The maximum Gasteiger partial charge on any atom is 0.216 e. The van der Waals surface area contributed by atoms with Crippen LogP contribution in [0, 0.1) is 20.7 Å². The van der Waals surface area contributed by atoms with Crippen LogP contribution in [0.15, 0.2) is 34.8 Å². The maximum atomic E-state index is 13.7. The summed E-state index contributed by atoms with van der Waals surface area (Å²) in [5.74, 6) is 0.625. The van der Waals surface area contributed by atoms with Gasteiger partial charge < -0.3 is 19.9 Å². The van der Waals surface area contributed by atoms with Crippen molar-refractivity contribution in [3.05, 3.63) is 44.3 Å². The van der Waals surface area contributed by atoms with E-state index in [-0.39, 0.29) is 22.6 Å². The van der Waals surface area contributed by atoms with Crippen LogP contribution >= 0.6 is 23.6 Å². The second-order valence-corrected chi connectivity index (χ2v) is 10.4. The van der Waals surface area contributed by atoms with Crippen molar-refractivity contribution in [3.63, 3.8) is 0 Å². The molecule has 3 N–H and O–H groups in total. The highest BCUT2D eigenvalue weighted by Gasteiger charge is 2.46. The number of nitrogens with one attached hydrogen (secondary N) is 1. The van der Waals surface area contributed by atoms with Gasteiger partial charge in [0, 0.05) is 23.3 Å². The summed E-state index contributed by atoms with van der Waals surface area (Å²) >= 11 is 6.45. The molecule has 178 valence electrons. The summed E-state index contributed by atoms with van der Waals surface area (Å²) in [7, 11) is 4.54. The maximum absolute atomic E-state index is 13.7. The SMILES string of the molecule is COc1ccc(C2C(C#N)=C(N)N(c3n[nH]c(=S)s3)C3=C2C(=O)CC(C)(C)C3)c(OC)c1OC. The van der Waals surface area contributed by atoms with E-state index < -0.39 is 5.92 Å². The molecule has 0 radical (unpaired) electrons. The first kappa shape index (κ1) is 23.8. The van der Waals surface area contributed by atoms with Crippen molar-refractivity contribution in [2.45, 2.75) is 32.6 Å². The molecule has 2 aromatic rings. The molecule has 0 spiro atoms. The number of benzene rings is 1. The molecular formula is C23H25N5O4S2. The number of nitrogens with two attached hydrogens (primary N) is 1. The number of carbonyl (C=O) groups excluding carboxylic acids is 1. The zero-order valence-corrected chi connectivity index (χ0v) is 21.1. The van der Waals surface area contributed by atoms with Crippen LogP contribution < -0.4 is 24.8 Å². The molecule has 1 aromatic heterocycles.